The van der Waals surface area contributed by atoms with E-state index in [-0.39, 0.29) is 18.4 Å². The highest BCUT2D eigenvalue weighted by molar-refractivity contribution is 5.96. The first-order valence-electron chi connectivity index (χ1n) is 7.46. The molecule has 2 rings (SSSR count). The number of rotatable bonds is 6. The summed E-state index contributed by atoms with van der Waals surface area (Å²) in [6, 6.07) is 4.97. The first kappa shape index (κ1) is 16.0. The molecule has 1 aliphatic rings. The first-order chi connectivity index (χ1) is 10.6. The van der Waals surface area contributed by atoms with Crippen molar-refractivity contribution in [3.05, 3.63) is 29.3 Å². The summed E-state index contributed by atoms with van der Waals surface area (Å²) >= 11 is 0. The maximum absolute atomic E-state index is 11.9. The van der Waals surface area contributed by atoms with Gasteiger partial charge >= 0.3 is 5.97 Å². The molecule has 1 aromatic carbocycles. The highest BCUT2D eigenvalue weighted by atomic mass is 16.5. The Morgan fingerprint density at radius 3 is 2.91 bits per heavy atom. The third-order valence-electron chi connectivity index (χ3n) is 3.42. The average molecular weight is 304 g/mol. The van der Waals surface area contributed by atoms with Gasteiger partial charge in [-0.1, -0.05) is 13.3 Å². The van der Waals surface area contributed by atoms with Crippen LogP contribution in [0.4, 0.5) is 5.69 Å². The summed E-state index contributed by atoms with van der Waals surface area (Å²) in [6.07, 6.45) is 2.90. The molecule has 2 amide bonds. The predicted octanol–water partition coefficient (Wildman–Crippen LogP) is 1.64. The molecule has 0 aliphatic carbocycles. The minimum absolute atomic E-state index is 0.0217. The molecule has 22 heavy (non-hydrogen) atoms. The molecule has 0 unspecified atom stereocenters. The molecule has 0 bridgehead atoms. The number of amides is 2. The van der Waals surface area contributed by atoms with Gasteiger partial charge in [-0.15, -0.1) is 0 Å². The monoisotopic (exact) mass is 304 g/mol. The van der Waals surface area contributed by atoms with Crippen molar-refractivity contribution in [2.45, 2.75) is 32.6 Å². The van der Waals surface area contributed by atoms with Gasteiger partial charge < -0.3 is 15.4 Å². The topological polar surface area (TPSA) is 84.5 Å². The number of benzene rings is 1. The number of fused-ring (bicyclic) bond motifs is 1. The van der Waals surface area contributed by atoms with Crippen LogP contribution in [-0.4, -0.2) is 30.9 Å². The Kier molecular flexibility index (Phi) is 5.52. The van der Waals surface area contributed by atoms with Gasteiger partial charge in [0.15, 0.2) is 6.61 Å². The molecule has 1 aromatic rings. The van der Waals surface area contributed by atoms with Crippen LogP contribution in [0, 0.1) is 0 Å². The Bertz CT molecular complexity index is 584. The normalized spacial score (nSPS) is 13.0. The summed E-state index contributed by atoms with van der Waals surface area (Å²) in [4.78, 5) is 34.7. The molecule has 0 spiro atoms. The standard InChI is InChI=1S/C16H20N2O4/c1-2-3-8-17-15(20)10-22-16(21)12-4-6-13-11(9-12)5-7-14(19)18-13/h4,6,9H,2-3,5,7-8,10H2,1H3,(H,17,20)(H,18,19). The van der Waals surface area contributed by atoms with E-state index in [9.17, 15) is 14.4 Å². The second-order valence-corrected chi connectivity index (χ2v) is 5.20. The number of carbonyl (C=O) groups is 3. The van der Waals surface area contributed by atoms with Crippen molar-refractivity contribution in [2.75, 3.05) is 18.5 Å². The summed E-state index contributed by atoms with van der Waals surface area (Å²) in [5.41, 5.74) is 2.02. The molecule has 0 saturated heterocycles. The van der Waals surface area contributed by atoms with Crippen LogP contribution in [-0.2, 0) is 20.7 Å². The van der Waals surface area contributed by atoms with Crippen LogP contribution in [0.15, 0.2) is 18.2 Å². The van der Waals surface area contributed by atoms with Crippen molar-refractivity contribution in [1.82, 2.24) is 5.32 Å². The van der Waals surface area contributed by atoms with E-state index in [1.54, 1.807) is 18.2 Å². The summed E-state index contributed by atoms with van der Waals surface area (Å²) < 4.78 is 4.99. The highest BCUT2D eigenvalue weighted by Crippen LogP contribution is 2.23. The Labute approximate surface area is 129 Å². The maximum atomic E-state index is 11.9. The lowest BCUT2D eigenvalue weighted by atomic mass is 10.0. The van der Waals surface area contributed by atoms with E-state index in [0.29, 0.717) is 24.9 Å². The fraction of sp³-hybridized carbons (Fsp3) is 0.438. The molecule has 0 aromatic heterocycles. The van der Waals surface area contributed by atoms with E-state index in [2.05, 4.69) is 10.6 Å². The number of anilines is 1. The van der Waals surface area contributed by atoms with Gasteiger partial charge in [-0.2, -0.15) is 0 Å². The predicted molar refractivity (Wildman–Crippen MR) is 81.6 cm³/mol. The van der Waals surface area contributed by atoms with Crippen LogP contribution in [0.2, 0.25) is 0 Å². The lowest BCUT2D eigenvalue weighted by molar-refractivity contribution is -0.124. The van der Waals surface area contributed by atoms with E-state index < -0.39 is 5.97 Å². The SMILES string of the molecule is CCCCNC(=O)COC(=O)c1ccc2c(c1)CCC(=O)N2. The smallest absolute Gasteiger partial charge is 0.338 e. The quantitative estimate of drug-likeness (QED) is 0.618. The fourth-order valence-corrected chi connectivity index (χ4v) is 2.18. The van der Waals surface area contributed by atoms with E-state index in [0.717, 1.165) is 24.1 Å². The summed E-state index contributed by atoms with van der Waals surface area (Å²) in [5, 5.41) is 5.43. The third-order valence-corrected chi connectivity index (χ3v) is 3.42. The molecule has 0 atom stereocenters. The minimum atomic E-state index is -0.537. The number of hydrogen-bond acceptors (Lipinski definition) is 4. The van der Waals surface area contributed by atoms with Crippen molar-refractivity contribution in [3.63, 3.8) is 0 Å². The van der Waals surface area contributed by atoms with E-state index >= 15 is 0 Å². The minimum Gasteiger partial charge on any atom is -0.452 e. The summed E-state index contributed by atoms with van der Waals surface area (Å²) in [5.74, 6) is -0.857. The van der Waals surface area contributed by atoms with Crippen LogP contribution in [0.5, 0.6) is 0 Å². The fourth-order valence-electron chi connectivity index (χ4n) is 2.18. The van der Waals surface area contributed by atoms with E-state index in [1.807, 2.05) is 6.92 Å². The number of nitrogens with one attached hydrogen (secondary N) is 2. The maximum Gasteiger partial charge on any atom is 0.338 e. The number of ether oxygens (including phenoxy) is 1. The van der Waals surface area contributed by atoms with Crippen LogP contribution in [0.25, 0.3) is 0 Å². The van der Waals surface area contributed by atoms with Gasteiger partial charge in [-0.25, -0.2) is 4.79 Å². The van der Waals surface area contributed by atoms with Crippen molar-refractivity contribution in [1.29, 1.82) is 0 Å². The van der Waals surface area contributed by atoms with Crippen LogP contribution >= 0.6 is 0 Å². The largest absolute Gasteiger partial charge is 0.452 e. The number of carbonyl (C=O) groups excluding carboxylic acids is 3. The molecule has 0 radical (unpaired) electrons. The molecule has 118 valence electrons. The molecule has 6 nitrogen and oxygen atoms in total. The Hall–Kier alpha value is -2.37. The molecule has 2 N–H and O–H groups in total. The number of hydrogen-bond donors (Lipinski definition) is 2. The molecule has 1 aliphatic heterocycles. The number of aryl methyl sites for hydroxylation is 1. The zero-order valence-corrected chi connectivity index (χ0v) is 12.6. The summed E-state index contributed by atoms with van der Waals surface area (Å²) in [7, 11) is 0. The van der Waals surface area contributed by atoms with Gasteiger partial charge in [0.05, 0.1) is 5.56 Å². The molecule has 0 fully saturated rings. The van der Waals surface area contributed by atoms with Gasteiger partial charge in [0.25, 0.3) is 5.91 Å². The van der Waals surface area contributed by atoms with Gasteiger partial charge in [-0.05, 0) is 36.6 Å². The van der Waals surface area contributed by atoms with Crippen LogP contribution in [0.1, 0.15) is 42.1 Å². The zero-order valence-electron chi connectivity index (χ0n) is 12.6. The van der Waals surface area contributed by atoms with Gasteiger partial charge in [-0.3, -0.25) is 9.59 Å². The Balaban J connectivity index is 1.88. The van der Waals surface area contributed by atoms with E-state index in [4.69, 9.17) is 4.74 Å². The summed E-state index contributed by atoms with van der Waals surface area (Å²) in [6.45, 7) is 2.34. The van der Waals surface area contributed by atoms with Gasteiger partial charge in [0.1, 0.15) is 0 Å². The molecular weight excluding hydrogens is 284 g/mol. The van der Waals surface area contributed by atoms with Crippen molar-refractivity contribution in [2.24, 2.45) is 0 Å². The molecule has 0 saturated carbocycles. The second kappa shape index (κ2) is 7.59. The number of unbranched alkanes of at least 4 members (excludes halogenated alkanes) is 1. The zero-order chi connectivity index (χ0) is 15.9. The lowest BCUT2D eigenvalue weighted by Gasteiger charge is -2.17. The first-order valence-corrected chi connectivity index (χ1v) is 7.46. The molecule has 6 heteroatoms. The lowest BCUT2D eigenvalue weighted by Crippen LogP contribution is -2.29. The van der Waals surface area contributed by atoms with Crippen LogP contribution < -0.4 is 10.6 Å². The molecular formula is C16H20N2O4. The second-order valence-electron chi connectivity index (χ2n) is 5.20. The van der Waals surface area contributed by atoms with Crippen LogP contribution in [0.3, 0.4) is 0 Å². The van der Waals surface area contributed by atoms with Gasteiger partial charge in [0, 0.05) is 18.7 Å². The van der Waals surface area contributed by atoms with Crippen molar-refractivity contribution < 1.29 is 19.1 Å². The average Bonchev–Trinajstić information content (AvgIpc) is 2.52. The third kappa shape index (κ3) is 4.31. The van der Waals surface area contributed by atoms with Crippen molar-refractivity contribution in [3.8, 4) is 0 Å². The Morgan fingerprint density at radius 1 is 1.32 bits per heavy atom. The van der Waals surface area contributed by atoms with E-state index in [1.165, 1.54) is 0 Å². The molecule has 1 heterocycles. The Morgan fingerprint density at radius 2 is 2.14 bits per heavy atom. The van der Waals surface area contributed by atoms with Crippen molar-refractivity contribution >= 4 is 23.5 Å². The highest BCUT2D eigenvalue weighted by Gasteiger charge is 2.17. The van der Waals surface area contributed by atoms with Gasteiger partial charge in [0.2, 0.25) is 5.91 Å². The number of esters is 1.